The van der Waals surface area contributed by atoms with Gasteiger partial charge in [0.1, 0.15) is 5.82 Å². The Labute approximate surface area is 88.8 Å². The predicted molar refractivity (Wildman–Crippen MR) is 59.5 cm³/mol. The van der Waals surface area contributed by atoms with Crippen LogP contribution in [0.2, 0.25) is 0 Å². The standard InChI is InChI=1S/C9H7BrN2S/c10-7-2-1-3-8(4-7)12-9-5-13-6-11-9/h1-6,12H. The topological polar surface area (TPSA) is 24.9 Å². The zero-order valence-corrected chi connectivity index (χ0v) is 9.10. The fraction of sp³-hybridized carbons (Fsp3) is 0. The van der Waals surface area contributed by atoms with E-state index in [-0.39, 0.29) is 0 Å². The predicted octanol–water partition coefficient (Wildman–Crippen LogP) is 3.65. The van der Waals surface area contributed by atoms with Crippen molar-refractivity contribution in [1.29, 1.82) is 0 Å². The van der Waals surface area contributed by atoms with Crippen molar-refractivity contribution in [3.8, 4) is 0 Å². The van der Waals surface area contributed by atoms with E-state index in [1.165, 1.54) is 0 Å². The van der Waals surface area contributed by atoms with E-state index in [2.05, 4.69) is 26.2 Å². The number of aromatic nitrogens is 1. The summed E-state index contributed by atoms with van der Waals surface area (Å²) >= 11 is 4.99. The molecule has 1 heterocycles. The summed E-state index contributed by atoms with van der Waals surface area (Å²) in [5, 5.41) is 5.17. The van der Waals surface area contributed by atoms with Crippen LogP contribution in [0.3, 0.4) is 0 Å². The summed E-state index contributed by atoms with van der Waals surface area (Å²) in [5.74, 6) is 0.892. The van der Waals surface area contributed by atoms with Crippen LogP contribution in [-0.2, 0) is 0 Å². The Morgan fingerprint density at radius 3 is 3.00 bits per heavy atom. The molecular formula is C9H7BrN2S. The van der Waals surface area contributed by atoms with Crippen LogP contribution in [0.1, 0.15) is 0 Å². The zero-order chi connectivity index (χ0) is 9.10. The van der Waals surface area contributed by atoms with Gasteiger partial charge >= 0.3 is 0 Å². The van der Waals surface area contributed by atoms with Crippen LogP contribution in [-0.4, -0.2) is 4.98 Å². The van der Waals surface area contributed by atoms with Gasteiger partial charge in [0, 0.05) is 15.5 Å². The average molecular weight is 255 g/mol. The van der Waals surface area contributed by atoms with Crippen molar-refractivity contribution in [3.63, 3.8) is 0 Å². The molecule has 0 spiro atoms. The Kier molecular flexibility index (Phi) is 2.61. The van der Waals surface area contributed by atoms with Gasteiger partial charge in [-0.3, -0.25) is 0 Å². The maximum absolute atomic E-state index is 4.13. The number of halogens is 1. The van der Waals surface area contributed by atoms with Gasteiger partial charge in [-0.15, -0.1) is 11.3 Å². The Hall–Kier alpha value is -0.870. The molecule has 2 aromatic rings. The van der Waals surface area contributed by atoms with Gasteiger partial charge in [0.2, 0.25) is 0 Å². The number of rotatable bonds is 2. The van der Waals surface area contributed by atoms with Crippen molar-refractivity contribution >= 4 is 38.8 Å². The molecule has 0 atom stereocenters. The van der Waals surface area contributed by atoms with Gasteiger partial charge < -0.3 is 5.32 Å². The highest BCUT2D eigenvalue weighted by Gasteiger charge is 1.95. The Bertz CT molecular complexity index is 386. The molecule has 0 saturated heterocycles. The number of hydrogen-bond donors (Lipinski definition) is 1. The summed E-state index contributed by atoms with van der Waals surface area (Å²) in [6, 6.07) is 7.99. The Morgan fingerprint density at radius 1 is 1.38 bits per heavy atom. The lowest BCUT2D eigenvalue weighted by Crippen LogP contribution is -1.88. The minimum absolute atomic E-state index is 0.892. The van der Waals surface area contributed by atoms with E-state index in [9.17, 15) is 0 Å². The summed E-state index contributed by atoms with van der Waals surface area (Å²) < 4.78 is 1.06. The van der Waals surface area contributed by atoms with E-state index in [0.717, 1.165) is 16.0 Å². The first kappa shape index (κ1) is 8.72. The van der Waals surface area contributed by atoms with Crippen molar-refractivity contribution in [3.05, 3.63) is 39.6 Å². The Balaban J connectivity index is 2.19. The monoisotopic (exact) mass is 254 g/mol. The highest BCUT2D eigenvalue weighted by Crippen LogP contribution is 2.19. The molecule has 0 amide bonds. The minimum Gasteiger partial charge on any atom is -0.340 e. The molecule has 0 saturated carbocycles. The molecule has 1 aromatic heterocycles. The number of anilines is 2. The van der Waals surface area contributed by atoms with E-state index in [0.29, 0.717) is 0 Å². The summed E-state index contributed by atoms with van der Waals surface area (Å²) in [6.45, 7) is 0. The van der Waals surface area contributed by atoms with E-state index in [1.807, 2.05) is 29.6 Å². The smallest absolute Gasteiger partial charge is 0.141 e. The molecular weight excluding hydrogens is 248 g/mol. The van der Waals surface area contributed by atoms with Gasteiger partial charge in [0.15, 0.2) is 0 Å². The molecule has 0 bridgehead atoms. The Morgan fingerprint density at radius 2 is 2.31 bits per heavy atom. The molecule has 13 heavy (non-hydrogen) atoms. The van der Waals surface area contributed by atoms with Crippen molar-refractivity contribution in [1.82, 2.24) is 4.98 Å². The first-order valence-corrected chi connectivity index (χ1v) is 5.49. The first-order valence-electron chi connectivity index (χ1n) is 3.75. The average Bonchev–Trinajstić information content (AvgIpc) is 2.57. The summed E-state index contributed by atoms with van der Waals surface area (Å²) in [7, 11) is 0. The van der Waals surface area contributed by atoms with Crippen LogP contribution >= 0.6 is 27.3 Å². The van der Waals surface area contributed by atoms with Gasteiger partial charge in [0.05, 0.1) is 5.51 Å². The molecule has 2 rings (SSSR count). The third kappa shape index (κ3) is 2.29. The largest absolute Gasteiger partial charge is 0.340 e. The van der Waals surface area contributed by atoms with Gasteiger partial charge in [-0.25, -0.2) is 4.98 Å². The minimum atomic E-state index is 0.892. The zero-order valence-electron chi connectivity index (χ0n) is 6.70. The molecule has 1 aromatic carbocycles. The van der Waals surface area contributed by atoms with Crippen molar-refractivity contribution in [2.24, 2.45) is 0 Å². The summed E-state index contributed by atoms with van der Waals surface area (Å²) in [5.41, 5.74) is 2.85. The maximum atomic E-state index is 4.13. The van der Waals surface area contributed by atoms with Crippen molar-refractivity contribution in [2.75, 3.05) is 5.32 Å². The highest BCUT2D eigenvalue weighted by atomic mass is 79.9. The molecule has 0 fully saturated rings. The third-order valence-corrected chi connectivity index (χ3v) is 2.61. The van der Waals surface area contributed by atoms with Gasteiger partial charge in [-0.2, -0.15) is 0 Å². The molecule has 4 heteroatoms. The van der Waals surface area contributed by atoms with Crippen molar-refractivity contribution in [2.45, 2.75) is 0 Å². The van der Waals surface area contributed by atoms with E-state index >= 15 is 0 Å². The second kappa shape index (κ2) is 3.89. The molecule has 1 N–H and O–H groups in total. The quantitative estimate of drug-likeness (QED) is 0.885. The molecule has 0 unspecified atom stereocenters. The number of thiazole rings is 1. The van der Waals surface area contributed by atoms with Crippen LogP contribution in [0.15, 0.2) is 39.6 Å². The fourth-order valence-corrected chi connectivity index (χ4v) is 1.87. The lowest BCUT2D eigenvalue weighted by Gasteiger charge is -2.02. The van der Waals surface area contributed by atoms with E-state index in [1.54, 1.807) is 16.8 Å². The van der Waals surface area contributed by atoms with E-state index in [4.69, 9.17) is 0 Å². The summed E-state index contributed by atoms with van der Waals surface area (Å²) in [4.78, 5) is 4.13. The van der Waals surface area contributed by atoms with Crippen LogP contribution in [0.4, 0.5) is 11.5 Å². The molecule has 2 nitrogen and oxygen atoms in total. The van der Waals surface area contributed by atoms with Crippen LogP contribution in [0.5, 0.6) is 0 Å². The summed E-state index contributed by atoms with van der Waals surface area (Å²) in [6.07, 6.45) is 0. The molecule has 0 radical (unpaired) electrons. The maximum Gasteiger partial charge on any atom is 0.141 e. The third-order valence-electron chi connectivity index (χ3n) is 1.53. The van der Waals surface area contributed by atoms with E-state index < -0.39 is 0 Å². The molecule has 0 aliphatic heterocycles. The number of nitrogens with one attached hydrogen (secondary N) is 1. The lowest BCUT2D eigenvalue weighted by atomic mass is 10.3. The molecule has 66 valence electrons. The second-order valence-corrected chi connectivity index (χ2v) is 4.14. The normalized spacial score (nSPS) is 9.92. The van der Waals surface area contributed by atoms with Gasteiger partial charge in [-0.05, 0) is 18.2 Å². The van der Waals surface area contributed by atoms with Gasteiger partial charge in [0.25, 0.3) is 0 Å². The van der Waals surface area contributed by atoms with Gasteiger partial charge in [-0.1, -0.05) is 22.0 Å². The van der Waals surface area contributed by atoms with Crippen LogP contribution < -0.4 is 5.32 Å². The van der Waals surface area contributed by atoms with Crippen LogP contribution in [0, 0.1) is 0 Å². The van der Waals surface area contributed by atoms with Crippen molar-refractivity contribution < 1.29 is 0 Å². The molecule has 0 aliphatic carbocycles. The highest BCUT2D eigenvalue weighted by molar-refractivity contribution is 9.10. The number of nitrogens with zero attached hydrogens (tertiary/aromatic N) is 1. The molecule has 0 aliphatic rings. The number of benzene rings is 1. The lowest BCUT2D eigenvalue weighted by molar-refractivity contribution is 1.38. The fourth-order valence-electron chi connectivity index (χ4n) is 0.988. The second-order valence-electron chi connectivity index (χ2n) is 2.51. The first-order chi connectivity index (χ1) is 6.34. The number of hydrogen-bond acceptors (Lipinski definition) is 3. The SMILES string of the molecule is Brc1cccc(Nc2cscn2)c1. The van der Waals surface area contributed by atoms with Crippen LogP contribution in [0.25, 0.3) is 0 Å².